The summed E-state index contributed by atoms with van der Waals surface area (Å²) in [5.74, 6) is 0. The van der Waals surface area contributed by atoms with Gasteiger partial charge in [0.2, 0.25) is 0 Å². The van der Waals surface area contributed by atoms with Gasteiger partial charge in [-0.05, 0) is 117 Å². The molecular formula is C44H36O4. The molecule has 0 N–H and O–H groups in total. The molecule has 0 atom stereocenters. The van der Waals surface area contributed by atoms with Crippen LogP contribution in [0, 0.1) is 13.8 Å². The van der Waals surface area contributed by atoms with E-state index in [2.05, 4.69) is 50.2 Å². The molecule has 0 amide bonds. The molecule has 2 aromatic heterocycles. The predicted molar refractivity (Wildman–Crippen MR) is 199 cm³/mol. The van der Waals surface area contributed by atoms with Gasteiger partial charge >= 0.3 is 11.3 Å². The highest BCUT2D eigenvalue weighted by atomic mass is 16.4. The van der Waals surface area contributed by atoms with Crippen LogP contribution in [-0.4, -0.2) is 0 Å². The molecule has 8 rings (SSSR count). The molecule has 8 aromatic rings. The monoisotopic (exact) mass is 628 g/mol. The van der Waals surface area contributed by atoms with Gasteiger partial charge in [0.05, 0.1) is 11.1 Å². The van der Waals surface area contributed by atoms with E-state index in [1.165, 1.54) is 11.1 Å². The van der Waals surface area contributed by atoms with Gasteiger partial charge in [0.25, 0.3) is 0 Å². The van der Waals surface area contributed by atoms with Crippen LogP contribution in [0.25, 0.3) is 76.5 Å². The Bertz CT molecular complexity index is 2520. The van der Waals surface area contributed by atoms with E-state index in [9.17, 15) is 9.59 Å². The maximum Gasteiger partial charge on any atom is 0.344 e. The van der Waals surface area contributed by atoms with Gasteiger partial charge in [0, 0.05) is 10.8 Å². The van der Waals surface area contributed by atoms with E-state index in [-0.39, 0.29) is 11.3 Å². The van der Waals surface area contributed by atoms with Gasteiger partial charge in [-0.1, -0.05) is 99.5 Å². The quantitative estimate of drug-likeness (QED) is 0.136. The molecule has 48 heavy (non-hydrogen) atoms. The summed E-state index contributed by atoms with van der Waals surface area (Å²) in [6.07, 6.45) is 4.20. The van der Waals surface area contributed by atoms with Crippen molar-refractivity contribution in [3.63, 3.8) is 0 Å². The number of rotatable bonds is 6. The van der Waals surface area contributed by atoms with Crippen molar-refractivity contribution in [1.29, 1.82) is 0 Å². The highest BCUT2D eigenvalue weighted by Gasteiger charge is 2.20. The van der Waals surface area contributed by atoms with E-state index >= 15 is 0 Å². The van der Waals surface area contributed by atoms with Crippen LogP contribution in [0.2, 0.25) is 0 Å². The number of aryl methyl sites for hydroxylation is 4. The van der Waals surface area contributed by atoms with E-state index in [1.54, 1.807) is 0 Å². The van der Waals surface area contributed by atoms with Crippen LogP contribution in [0.1, 0.15) is 48.9 Å². The van der Waals surface area contributed by atoms with Crippen LogP contribution in [0.15, 0.2) is 115 Å². The largest absolute Gasteiger partial charge is 0.422 e. The zero-order valence-electron chi connectivity index (χ0n) is 27.7. The molecule has 0 unspecified atom stereocenters. The summed E-state index contributed by atoms with van der Waals surface area (Å²) in [4.78, 5) is 27.4. The average Bonchev–Trinajstić information content (AvgIpc) is 3.08. The minimum atomic E-state index is -0.388. The van der Waals surface area contributed by atoms with E-state index < -0.39 is 0 Å². The van der Waals surface area contributed by atoms with Crippen molar-refractivity contribution in [2.75, 3.05) is 0 Å². The van der Waals surface area contributed by atoms with E-state index in [1.807, 2.05) is 74.5 Å². The molecule has 4 heteroatoms. The number of hydrogen-bond donors (Lipinski definition) is 0. The fourth-order valence-electron chi connectivity index (χ4n) is 7.53. The van der Waals surface area contributed by atoms with Crippen molar-refractivity contribution in [3.05, 3.63) is 140 Å². The summed E-state index contributed by atoms with van der Waals surface area (Å²) in [5, 5.41) is 7.92. The maximum atomic E-state index is 13.7. The first-order valence-electron chi connectivity index (χ1n) is 16.9. The number of hydrogen-bond acceptors (Lipinski definition) is 4. The molecule has 6 aromatic carbocycles. The first kappa shape index (κ1) is 29.9. The molecule has 0 aliphatic heterocycles. The van der Waals surface area contributed by atoms with Crippen molar-refractivity contribution in [1.82, 2.24) is 0 Å². The van der Waals surface area contributed by atoms with E-state index in [0.29, 0.717) is 22.3 Å². The van der Waals surface area contributed by atoms with Crippen molar-refractivity contribution in [3.8, 4) is 22.3 Å². The molecule has 0 radical (unpaired) electrons. The third kappa shape index (κ3) is 4.83. The second-order valence-electron chi connectivity index (χ2n) is 13.1. The number of benzene rings is 6. The lowest BCUT2D eigenvalue weighted by Crippen LogP contribution is -2.06. The predicted octanol–water partition coefficient (Wildman–Crippen LogP) is 11.2. The molecule has 0 aliphatic carbocycles. The first-order valence-corrected chi connectivity index (χ1v) is 16.9. The summed E-state index contributed by atoms with van der Waals surface area (Å²) < 4.78 is 12.0. The van der Waals surface area contributed by atoms with Crippen LogP contribution in [0.3, 0.4) is 0 Å². The molecule has 0 saturated carbocycles. The van der Waals surface area contributed by atoms with Gasteiger partial charge in [-0.3, -0.25) is 0 Å². The Kier molecular flexibility index (Phi) is 7.25. The fraction of sp³-hybridized carbons (Fsp3) is 0.182. The molecule has 236 valence electrons. The van der Waals surface area contributed by atoms with Crippen LogP contribution in [0.4, 0.5) is 0 Å². The van der Waals surface area contributed by atoms with E-state index in [0.717, 1.165) is 91.0 Å². The van der Waals surface area contributed by atoms with Gasteiger partial charge in [-0.15, -0.1) is 0 Å². The van der Waals surface area contributed by atoms with Crippen LogP contribution in [-0.2, 0) is 12.8 Å². The summed E-state index contributed by atoms with van der Waals surface area (Å²) in [6.45, 7) is 8.40. The summed E-state index contributed by atoms with van der Waals surface area (Å²) in [7, 11) is 0. The van der Waals surface area contributed by atoms with Gasteiger partial charge < -0.3 is 8.83 Å². The molecule has 4 nitrogen and oxygen atoms in total. The topological polar surface area (TPSA) is 60.4 Å². The standard InChI is InChI=1S/C44H36O4/c1-5-7-27-11-17-31-29(21-27)13-19-39-35(31)23-37(43(45)47-39)41-25(3)9-16-34-33(41)15-10-26(4)42(34)38-24-36-32-18-12-28(8-6-2)22-30(32)14-20-40(36)48-44(38)46/h9-24H,5-8H2,1-4H3. The van der Waals surface area contributed by atoms with Gasteiger partial charge in [-0.25, -0.2) is 9.59 Å². The van der Waals surface area contributed by atoms with Crippen LogP contribution >= 0.6 is 0 Å². The van der Waals surface area contributed by atoms with Gasteiger partial charge in [-0.2, -0.15) is 0 Å². The molecular weight excluding hydrogens is 592 g/mol. The Balaban J connectivity index is 1.37. The Morgan fingerprint density at radius 2 is 0.875 bits per heavy atom. The van der Waals surface area contributed by atoms with Gasteiger partial charge in [0.15, 0.2) is 0 Å². The Morgan fingerprint density at radius 1 is 0.458 bits per heavy atom. The summed E-state index contributed by atoms with van der Waals surface area (Å²) in [6, 6.07) is 33.0. The lowest BCUT2D eigenvalue weighted by atomic mass is 9.88. The summed E-state index contributed by atoms with van der Waals surface area (Å²) in [5.41, 5.74) is 7.48. The third-order valence-electron chi connectivity index (χ3n) is 9.83. The SMILES string of the molecule is CCCc1ccc2c(ccc3oc(=O)c(-c4c(C)ccc5c(-c6cc7c(ccc8cc(CCC)ccc87)oc6=O)c(C)ccc45)cc32)c1. The Labute approximate surface area is 278 Å². The smallest absolute Gasteiger partial charge is 0.344 e. The zero-order valence-corrected chi connectivity index (χ0v) is 27.7. The van der Waals surface area contributed by atoms with Crippen molar-refractivity contribution in [2.24, 2.45) is 0 Å². The molecule has 0 fully saturated rings. The normalized spacial score (nSPS) is 11.8. The second kappa shape index (κ2) is 11.6. The van der Waals surface area contributed by atoms with Crippen molar-refractivity contribution in [2.45, 2.75) is 53.4 Å². The highest BCUT2D eigenvalue weighted by Crippen LogP contribution is 2.39. The molecule has 0 saturated heterocycles. The highest BCUT2D eigenvalue weighted by molar-refractivity contribution is 6.11. The van der Waals surface area contributed by atoms with Crippen LogP contribution < -0.4 is 11.3 Å². The van der Waals surface area contributed by atoms with E-state index in [4.69, 9.17) is 8.83 Å². The minimum Gasteiger partial charge on any atom is -0.422 e. The molecule has 0 bridgehead atoms. The first-order chi connectivity index (χ1) is 23.3. The van der Waals surface area contributed by atoms with Crippen molar-refractivity contribution < 1.29 is 8.83 Å². The average molecular weight is 629 g/mol. The third-order valence-corrected chi connectivity index (χ3v) is 9.83. The molecule has 0 aliphatic rings. The molecule has 2 heterocycles. The minimum absolute atomic E-state index is 0.388. The van der Waals surface area contributed by atoms with Crippen LogP contribution in [0.5, 0.6) is 0 Å². The van der Waals surface area contributed by atoms with Crippen molar-refractivity contribution >= 4 is 54.3 Å². The fourth-order valence-corrected chi connectivity index (χ4v) is 7.53. The Hall–Kier alpha value is -5.48. The molecule has 0 spiro atoms. The second-order valence-corrected chi connectivity index (χ2v) is 13.1. The Morgan fingerprint density at radius 3 is 1.29 bits per heavy atom. The summed E-state index contributed by atoms with van der Waals surface area (Å²) >= 11 is 0. The van der Waals surface area contributed by atoms with Gasteiger partial charge in [0.1, 0.15) is 11.2 Å². The lowest BCUT2D eigenvalue weighted by molar-refractivity contribution is 0.563. The lowest BCUT2D eigenvalue weighted by Gasteiger charge is -2.16. The maximum absolute atomic E-state index is 13.7. The zero-order chi connectivity index (χ0) is 33.1. The number of fused-ring (bicyclic) bond motifs is 7.